The molecule has 0 saturated carbocycles. The van der Waals surface area contributed by atoms with E-state index in [9.17, 15) is 0 Å². The van der Waals surface area contributed by atoms with Gasteiger partial charge in [-0.25, -0.2) is 9.97 Å². The van der Waals surface area contributed by atoms with E-state index in [1.807, 2.05) is 48.6 Å². The van der Waals surface area contributed by atoms with E-state index < -0.39 is 0 Å². The van der Waals surface area contributed by atoms with E-state index in [1.165, 1.54) is 0 Å². The molecule has 2 aliphatic rings. The number of nitrogens with one attached hydrogen (secondary N) is 2. The molecule has 2 N–H and O–H groups in total. The van der Waals surface area contributed by atoms with E-state index in [2.05, 4.69) is 44.2 Å². The van der Waals surface area contributed by atoms with Crippen LogP contribution >= 0.6 is 0 Å². The number of nitrogens with zero attached hydrogens (tertiary/aromatic N) is 2. The average Bonchev–Trinajstić information content (AvgIpc) is 3.32. The maximum Gasteiger partial charge on any atom is 0.0658 e. The van der Waals surface area contributed by atoms with Crippen LogP contribution in [0.15, 0.2) is 48.5 Å². The van der Waals surface area contributed by atoms with Gasteiger partial charge in [-0.1, -0.05) is 0 Å². The van der Waals surface area contributed by atoms with E-state index in [1.54, 1.807) is 0 Å². The summed E-state index contributed by atoms with van der Waals surface area (Å²) in [5, 5.41) is 0. The van der Waals surface area contributed by atoms with Gasteiger partial charge in [-0.15, -0.1) is 0 Å². The molecule has 0 atom stereocenters. The second-order valence-corrected chi connectivity index (χ2v) is 5.91. The van der Waals surface area contributed by atoms with Gasteiger partial charge in [0.15, 0.2) is 0 Å². The number of hydrogen-bond donors (Lipinski definition) is 2. The Morgan fingerprint density at radius 2 is 0.760 bits per heavy atom. The van der Waals surface area contributed by atoms with Crippen molar-refractivity contribution in [3.63, 3.8) is 0 Å². The average molecular weight is 383 g/mol. The van der Waals surface area contributed by atoms with Crippen molar-refractivity contribution in [1.82, 2.24) is 19.9 Å². The third-order valence-corrected chi connectivity index (χ3v) is 4.04. The number of fused-ring (bicyclic) bond motifs is 8. The first-order valence-corrected chi connectivity index (χ1v) is 7.85. The molecule has 0 aromatic carbocycles. The summed E-state index contributed by atoms with van der Waals surface area (Å²) in [7, 11) is 0. The van der Waals surface area contributed by atoms with Gasteiger partial charge in [-0.05, 0) is 72.8 Å². The molecule has 0 aliphatic carbocycles. The third-order valence-electron chi connectivity index (χ3n) is 4.04. The smallest absolute Gasteiger partial charge is 0.0658 e. The Bertz CT molecular complexity index is 990. The van der Waals surface area contributed by atoms with Crippen LogP contribution in [0.2, 0.25) is 0 Å². The standard InChI is InChI=1S/C20H14N4.Ge/c1-2-14-10-16-5-6-18(23-16)12-20-8-7-19(24-20)11-17-4-3-15(22-17)9-13(1)21-14;/h1-12,21,24H;. The predicted octanol–water partition coefficient (Wildman–Crippen LogP) is 4.27. The molecule has 4 nitrogen and oxygen atoms in total. The fourth-order valence-corrected chi connectivity index (χ4v) is 2.94. The van der Waals surface area contributed by atoms with Crippen LogP contribution in [0.3, 0.4) is 0 Å². The van der Waals surface area contributed by atoms with Crippen molar-refractivity contribution in [2.45, 2.75) is 0 Å². The predicted molar refractivity (Wildman–Crippen MR) is 105 cm³/mol. The van der Waals surface area contributed by atoms with Crippen molar-refractivity contribution < 1.29 is 0 Å². The Morgan fingerprint density at radius 3 is 1.04 bits per heavy atom. The minimum atomic E-state index is 0. The zero-order chi connectivity index (χ0) is 15.9. The summed E-state index contributed by atoms with van der Waals surface area (Å²) in [6.07, 6.45) is 8.09. The maximum atomic E-state index is 4.63. The zero-order valence-electron chi connectivity index (χ0n) is 13.3. The third kappa shape index (κ3) is 3.21. The van der Waals surface area contributed by atoms with Gasteiger partial charge in [0.25, 0.3) is 0 Å². The Morgan fingerprint density at radius 1 is 0.480 bits per heavy atom. The van der Waals surface area contributed by atoms with E-state index in [-0.39, 0.29) is 17.6 Å². The SMILES string of the molecule is C1=Cc2cc3ccc(cc4nc(cc5ccc(cc1n2)[nH]5)C=C4)[nH]3.[Ge]. The number of H-pyrrole nitrogens is 2. The first-order valence-electron chi connectivity index (χ1n) is 7.85. The van der Waals surface area contributed by atoms with E-state index in [4.69, 9.17) is 0 Å². The molecule has 5 heterocycles. The molecule has 0 spiro atoms. The van der Waals surface area contributed by atoms with Gasteiger partial charge in [-0.3, -0.25) is 0 Å². The monoisotopic (exact) mass is 384 g/mol. The van der Waals surface area contributed by atoms with Crippen molar-refractivity contribution in [1.29, 1.82) is 0 Å². The molecule has 3 aromatic rings. The van der Waals surface area contributed by atoms with Crippen LogP contribution in [-0.4, -0.2) is 37.5 Å². The van der Waals surface area contributed by atoms with Crippen molar-refractivity contribution in [2.75, 3.05) is 0 Å². The van der Waals surface area contributed by atoms with Gasteiger partial charge in [0.2, 0.25) is 0 Å². The van der Waals surface area contributed by atoms with Crippen LogP contribution in [0.1, 0.15) is 22.8 Å². The normalized spacial score (nSPS) is 12.2. The van der Waals surface area contributed by atoms with Crippen molar-refractivity contribution in [3.8, 4) is 0 Å². The summed E-state index contributed by atoms with van der Waals surface area (Å²) in [6.45, 7) is 0. The van der Waals surface area contributed by atoms with Crippen LogP contribution in [0.5, 0.6) is 0 Å². The molecule has 0 fully saturated rings. The minimum Gasteiger partial charge on any atom is -0.355 e. The molecular weight excluding hydrogens is 369 g/mol. The molecule has 0 unspecified atom stereocenters. The van der Waals surface area contributed by atoms with Crippen LogP contribution in [-0.2, 0) is 0 Å². The topological polar surface area (TPSA) is 57.4 Å². The summed E-state index contributed by atoms with van der Waals surface area (Å²) >= 11 is 0. The zero-order valence-corrected chi connectivity index (χ0v) is 15.4. The fourth-order valence-electron chi connectivity index (χ4n) is 2.94. The fraction of sp³-hybridized carbons (Fsp3) is 0. The van der Waals surface area contributed by atoms with Crippen LogP contribution in [0, 0.1) is 0 Å². The molecule has 5 rings (SSSR count). The van der Waals surface area contributed by atoms with Gasteiger partial charge < -0.3 is 9.97 Å². The van der Waals surface area contributed by atoms with Crippen molar-refractivity contribution >= 4 is 64.0 Å². The van der Waals surface area contributed by atoms with Crippen LogP contribution in [0.4, 0.5) is 0 Å². The van der Waals surface area contributed by atoms with Gasteiger partial charge in [0.1, 0.15) is 0 Å². The minimum absolute atomic E-state index is 0. The molecule has 2 aliphatic heterocycles. The molecule has 118 valence electrons. The Hall–Kier alpha value is -2.86. The van der Waals surface area contributed by atoms with Crippen LogP contribution < -0.4 is 0 Å². The number of hydrogen-bond acceptors (Lipinski definition) is 2. The summed E-state index contributed by atoms with van der Waals surface area (Å²) < 4.78 is 0. The summed E-state index contributed by atoms with van der Waals surface area (Å²) in [4.78, 5) is 16.0. The molecule has 3 aromatic heterocycles. The first kappa shape index (κ1) is 15.7. The van der Waals surface area contributed by atoms with Crippen LogP contribution in [0.25, 0.3) is 46.4 Å². The van der Waals surface area contributed by atoms with Gasteiger partial charge in [-0.2, -0.15) is 0 Å². The Labute approximate surface area is 155 Å². The summed E-state index contributed by atoms with van der Waals surface area (Å²) in [5.41, 5.74) is 7.86. The second kappa shape index (κ2) is 6.22. The number of aromatic nitrogens is 4. The van der Waals surface area contributed by atoms with Crippen molar-refractivity contribution in [2.24, 2.45) is 0 Å². The molecule has 25 heavy (non-hydrogen) atoms. The van der Waals surface area contributed by atoms with Gasteiger partial charge >= 0.3 is 0 Å². The quantitative estimate of drug-likeness (QED) is 0.393. The van der Waals surface area contributed by atoms with E-state index >= 15 is 0 Å². The molecular formula is C20H14GeN4. The molecule has 5 heteroatoms. The number of aromatic amines is 2. The molecule has 4 radical (unpaired) electrons. The van der Waals surface area contributed by atoms with Gasteiger partial charge in [0, 0.05) is 39.7 Å². The largest absolute Gasteiger partial charge is 0.355 e. The summed E-state index contributed by atoms with van der Waals surface area (Å²) in [6, 6.07) is 16.4. The van der Waals surface area contributed by atoms with E-state index in [0.717, 1.165) is 44.8 Å². The Balaban J connectivity index is 0.00000157. The Kier molecular flexibility index (Phi) is 3.89. The molecule has 8 bridgehead atoms. The first-order chi connectivity index (χ1) is 11.8. The second-order valence-electron chi connectivity index (χ2n) is 5.91. The molecule has 0 amide bonds. The van der Waals surface area contributed by atoms with E-state index in [0.29, 0.717) is 0 Å². The maximum absolute atomic E-state index is 4.63. The molecule has 0 saturated heterocycles. The van der Waals surface area contributed by atoms with Gasteiger partial charge in [0.05, 0.1) is 22.8 Å². The van der Waals surface area contributed by atoms with Crippen molar-refractivity contribution in [3.05, 3.63) is 71.3 Å². The summed E-state index contributed by atoms with van der Waals surface area (Å²) in [5.74, 6) is 0. The number of rotatable bonds is 0.